The average Bonchev–Trinajstić information content (AvgIpc) is 3.15. The Balaban J connectivity index is 1.40. The highest BCUT2D eigenvalue weighted by Gasteiger charge is 2.33. The van der Waals surface area contributed by atoms with Crippen LogP contribution in [-0.4, -0.2) is 44.0 Å². The summed E-state index contributed by atoms with van der Waals surface area (Å²) in [5.74, 6) is 0.700. The minimum absolute atomic E-state index is 0.153. The van der Waals surface area contributed by atoms with Gasteiger partial charge in [0, 0.05) is 19.2 Å². The summed E-state index contributed by atoms with van der Waals surface area (Å²) in [6.07, 6.45) is -3.79. The van der Waals surface area contributed by atoms with Gasteiger partial charge in [0.2, 0.25) is 10.0 Å². The molecule has 0 unspecified atom stereocenters. The van der Waals surface area contributed by atoms with E-state index in [9.17, 15) is 21.6 Å². The Hall–Kier alpha value is -2.37. The van der Waals surface area contributed by atoms with Crippen molar-refractivity contribution in [3.8, 4) is 10.9 Å². The first-order valence-corrected chi connectivity index (χ1v) is 11.7. The van der Waals surface area contributed by atoms with E-state index in [1.807, 2.05) is 18.2 Å². The minimum atomic E-state index is -4.51. The Morgan fingerprint density at radius 2 is 1.77 bits per heavy atom. The number of hydrogen-bond acceptors (Lipinski definition) is 6. The zero-order valence-electron chi connectivity index (χ0n) is 16.4. The van der Waals surface area contributed by atoms with Crippen LogP contribution in [-0.2, 0) is 16.2 Å². The Labute approximate surface area is 181 Å². The molecular weight excluding hydrogens is 453 g/mol. The molecule has 0 radical (unpaired) electrons. The third-order valence-corrected chi connectivity index (χ3v) is 7.90. The average molecular weight is 473 g/mol. The molecule has 31 heavy (non-hydrogen) atoms. The first-order valence-electron chi connectivity index (χ1n) is 9.45. The van der Waals surface area contributed by atoms with E-state index >= 15 is 0 Å². The van der Waals surface area contributed by atoms with E-state index < -0.39 is 21.8 Å². The quantitative estimate of drug-likeness (QED) is 0.545. The molecule has 166 valence electrons. The molecule has 0 saturated carbocycles. The minimum Gasteiger partial charge on any atom is -0.497 e. The van der Waals surface area contributed by atoms with E-state index in [1.54, 1.807) is 7.11 Å². The molecule has 6 nitrogen and oxygen atoms in total. The van der Waals surface area contributed by atoms with E-state index in [0.717, 1.165) is 34.5 Å². The Kier molecular flexibility index (Phi) is 5.84. The molecule has 1 saturated heterocycles. The van der Waals surface area contributed by atoms with Gasteiger partial charge in [-0.3, -0.25) is 0 Å². The molecule has 0 spiro atoms. The lowest BCUT2D eigenvalue weighted by Crippen LogP contribution is -2.41. The van der Waals surface area contributed by atoms with Gasteiger partial charge in [0.15, 0.2) is 0 Å². The largest absolute Gasteiger partial charge is 0.497 e. The number of benzene rings is 2. The summed E-state index contributed by atoms with van der Waals surface area (Å²) in [5.41, 5.74) is -0.117. The molecular formula is C20H19F3N2O4S2. The van der Waals surface area contributed by atoms with Crippen LogP contribution in [0.2, 0.25) is 0 Å². The standard InChI is InChI=1S/C20H19F3N2O4S2/c1-28-15-4-7-18-17(12-15)24-19(30-18)29-14-8-10-25(11-9-14)31(26,27)16-5-2-13(3-6-16)20(21,22)23/h2-7,12,14H,8-11H2,1H3. The maximum Gasteiger partial charge on any atom is 0.416 e. The van der Waals surface area contributed by atoms with E-state index in [0.29, 0.717) is 23.8 Å². The van der Waals surface area contributed by atoms with Crippen LogP contribution in [0, 0.1) is 0 Å². The van der Waals surface area contributed by atoms with Crippen molar-refractivity contribution >= 4 is 31.6 Å². The SMILES string of the molecule is COc1ccc2sc(OC3CCN(S(=O)(=O)c4ccc(C(F)(F)F)cc4)CC3)nc2c1. The number of piperidine rings is 1. The Bertz CT molecular complexity index is 1170. The first-order chi connectivity index (χ1) is 14.7. The Morgan fingerprint density at radius 3 is 2.39 bits per heavy atom. The molecule has 1 aromatic heterocycles. The van der Waals surface area contributed by atoms with Gasteiger partial charge in [-0.05, 0) is 49.2 Å². The molecule has 0 N–H and O–H groups in total. The zero-order valence-corrected chi connectivity index (χ0v) is 18.1. The fraction of sp³-hybridized carbons (Fsp3) is 0.350. The molecule has 2 heterocycles. The van der Waals surface area contributed by atoms with Crippen molar-refractivity contribution in [2.45, 2.75) is 30.0 Å². The van der Waals surface area contributed by atoms with E-state index in [2.05, 4.69) is 4.98 Å². The molecule has 1 aliphatic heterocycles. The highest BCUT2D eigenvalue weighted by molar-refractivity contribution is 7.89. The number of hydrogen-bond donors (Lipinski definition) is 0. The van der Waals surface area contributed by atoms with Gasteiger partial charge < -0.3 is 9.47 Å². The van der Waals surface area contributed by atoms with Crippen molar-refractivity contribution in [2.24, 2.45) is 0 Å². The number of fused-ring (bicyclic) bond motifs is 1. The lowest BCUT2D eigenvalue weighted by atomic mass is 10.1. The first kappa shape index (κ1) is 21.8. The summed E-state index contributed by atoms with van der Waals surface area (Å²) in [6.45, 7) is 0.430. The summed E-state index contributed by atoms with van der Waals surface area (Å²) >= 11 is 1.40. The fourth-order valence-corrected chi connectivity index (χ4v) is 5.69. The number of nitrogens with zero attached hydrogens (tertiary/aromatic N) is 2. The van der Waals surface area contributed by atoms with Gasteiger partial charge in [-0.15, -0.1) is 0 Å². The second kappa shape index (κ2) is 8.29. The van der Waals surface area contributed by atoms with Crippen molar-refractivity contribution in [3.63, 3.8) is 0 Å². The number of sulfonamides is 1. The molecule has 1 fully saturated rings. The summed E-state index contributed by atoms with van der Waals surface area (Å²) in [5, 5.41) is 0.507. The molecule has 0 atom stereocenters. The third kappa shape index (κ3) is 4.63. The highest BCUT2D eigenvalue weighted by Crippen LogP contribution is 2.33. The van der Waals surface area contributed by atoms with Crippen LogP contribution in [0.4, 0.5) is 13.2 Å². The summed E-state index contributed by atoms with van der Waals surface area (Å²) in [7, 11) is -2.28. The van der Waals surface area contributed by atoms with Crippen molar-refractivity contribution in [1.82, 2.24) is 9.29 Å². The molecule has 0 aliphatic carbocycles. The van der Waals surface area contributed by atoms with Crippen LogP contribution in [0.1, 0.15) is 18.4 Å². The monoisotopic (exact) mass is 472 g/mol. The van der Waals surface area contributed by atoms with Gasteiger partial charge >= 0.3 is 6.18 Å². The summed E-state index contributed by atoms with van der Waals surface area (Å²) in [6, 6.07) is 9.12. The molecule has 11 heteroatoms. The molecule has 2 aromatic carbocycles. The van der Waals surface area contributed by atoms with Crippen LogP contribution in [0.25, 0.3) is 10.2 Å². The number of halogens is 3. The lowest BCUT2D eigenvalue weighted by Gasteiger charge is -2.30. The molecule has 1 aliphatic rings. The zero-order chi connectivity index (χ0) is 22.2. The number of thiazole rings is 1. The smallest absolute Gasteiger partial charge is 0.416 e. The predicted molar refractivity (Wildman–Crippen MR) is 110 cm³/mol. The van der Waals surface area contributed by atoms with Crippen LogP contribution < -0.4 is 9.47 Å². The second-order valence-corrected chi connectivity index (χ2v) is 9.99. The van der Waals surface area contributed by atoms with Crippen LogP contribution in [0.15, 0.2) is 47.4 Å². The van der Waals surface area contributed by atoms with Gasteiger partial charge in [-0.2, -0.15) is 17.5 Å². The fourth-order valence-electron chi connectivity index (χ4n) is 3.36. The van der Waals surface area contributed by atoms with Crippen LogP contribution in [0.5, 0.6) is 10.9 Å². The van der Waals surface area contributed by atoms with Crippen molar-refractivity contribution in [2.75, 3.05) is 20.2 Å². The van der Waals surface area contributed by atoms with E-state index in [4.69, 9.17) is 9.47 Å². The van der Waals surface area contributed by atoms with E-state index in [-0.39, 0.29) is 24.1 Å². The van der Waals surface area contributed by atoms with Crippen LogP contribution in [0.3, 0.4) is 0 Å². The van der Waals surface area contributed by atoms with Crippen molar-refractivity contribution in [3.05, 3.63) is 48.0 Å². The molecule has 3 aromatic rings. The molecule has 4 rings (SSSR count). The maximum absolute atomic E-state index is 12.8. The maximum atomic E-state index is 12.8. The van der Waals surface area contributed by atoms with Gasteiger partial charge in [0.1, 0.15) is 11.9 Å². The second-order valence-electron chi connectivity index (χ2n) is 7.06. The van der Waals surface area contributed by atoms with Crippen molar-refractivity contribution in [1.29, 1.82) is 0 Å². The van der Waals surface area contributed by atoms with Gasteiger partial charge in [-0.25, -0.2) is 13.4 Å². The Morgan fingerprint density at radius 1 is 1.10 bits per heavy atom. The number of methoxy groups -OCH3 is 1. The predicted octanol–water partition coefficient (Wildman–Crippen LogP) is 4.56. The van der Waals surface area contributed by atoms with Crippen molar-refractivity contribution < 1.29 is 31.1 Å². The summed E-state index contributed by atoms with van der Waals surface area (Å²) < 4.78 is 77.1. The molecule has 0 bridgehead atoms. The third-order valence-electron chi connectivity index (χ3n) is 5.06. The highest BCUT2D eigenvalue weighted by atomic mass is 32.2. The lowest BCUT2D eigenvalue weighted by molar-refractivity contribution is -0.137. The number of alkyl halides is 3. The van der Waals surface area contributed by atoms with Gasteiger partial charge in [-0.1, -0.05) is 11.3 Å². The summed E-state index contributed by atoms with van der Waals surface area (Å²) in [4.78, 5) is 4.30. The van der Waals surface area contributed by atoms with E-state index in [1.165, 1.54) is 15.6 Å². The topological polar surface area (TPSA) is 68.7 Å². The normalized spacial score (nSPS) is 16.5. The molecule has 0 amide bonds. The number of aromatic nitrogens is 1. The van der Waals surface area contributed by atoms with Gasteiger partial charge in [0.05, 0.1) is 27.8 Å². The van der Waals surface area contributed by atoms with Gasteiger partial charge in [0.25, 0.3) is 5.19 Å². The number of rotatable bonds is 5. The van der Waals surface area contributed by atoms with Crippen LogP contribution >= 0.6 is 11.3 Å². The number of ether oxygens (including phenoxy) is 2.